The molecule has 4 nitrogen and oxygen atoms in total. The van der Waals surface area contributed by atoms with E-state index in [0.717, 1.165) is 0 Å². The monoisotopic (exact) mass is 281 g/mol. The largest absolute Gasteiger partial charge is 0.416 e. The number of benzene rings is 1. The summed E-state index contributed by atoms with van der Waals surface area (Å²) >= 11 is 0. The number of nitrogens with zero attached hydrogens (tertiary/aromatic N) is 2. The van der Waals surface area contributed by atoms with Crippen molar-refractivity contribution >= 4 is 16.6 Å². The first-order valence-corrected chi connectivity index (χ1v) is 5.70. The van der Waals surface area contributed by atoms with E-state index in [9.17, 15) is 13.2 Å². The Kier molecular flexibility index (Phi) is 3.77. The van der Waals surface area contributed by atoms with Gasteiger partial charge in [0, 0.05) is 18.1 Å². The molecule has 0 fully saturated rings. The van der Waals surface area contributed by atoms with Crippen LogP contribution < -0.4 is 5.32 Å². The first-order valence-electron chi connectivity index (χ1n) is 5.70. The molecule has 1 heterocycles. The van der Waals surface area contributed by atoms with Crippen LogP contribution >= 0.6 is 0 Å². The number of aliphatic hydroxyl groups is 1. The number of fused-ring (bicyclic) bond motifs is 1. The number of halogens is 3. The second-order valence-electron chi connectivity index (χ2n) is 4.11. The molecule has 0 radical (unpaired) electrons. The van der Waals surface area contributed by atoms with Gasteiger partial charge < -0.3 is 10.4 Å². The number of rotatable bonds is 3. The number of nitriles is 1. The summed E-state index contributed by atoms with van der Waals surface area (Å²) in [6.07, 6.45) is -5.92. The summed E-state index contributed by atoms with van der Waals surface area (Å²) in [6, 6.07) is 8.61. The van der Waals surface area contributed by atoms with E-state index in [-0.39, 0.29) is 11.3 Å². The third-order valence-corrected chi connectivity index (χ3v) is 2.75. The van der Waals surface area contributed by atoms with Crippen molar-refractivity contribution in [1.82, 2.24) is 4.98 Å². The summed E-state index contributed by atoms with van der Waals surface area (Å²) < 4.78 is 36.8. The Morgan fingerprint density at radius 2 is 2.05 bits per heavy atom. The van der Waals surface area contributed by atoms with Crippen LogP contribution in [-0.2, 0) is 0 Å². The summed E-state index contributed by atoms with van der Waals surface area (Å²) in [7, 11) is 0. The zero-order valence-corrected chi connectivity index (χ0v) is 10.1. The van der Waals surface area contributed by atoms with Crippen molar-refractivity contribution < 1.29 is 18.3 Å². The second-order valence-corrected chi connectivity index (χ2v) is 4.11. The summed E-state index contributed by atoms with van der Waals surface area (Å²) in [4.78, 5) is 4.04. The van der Waals surface area contributed by atoms with Crippen LogP contribution in [0.1, 0.15) is 5.56 Å². The van der Waals surface area contributed by atoms with Crippen molar-refractivity contribution in [3.05, 3.63) is 36.0 Å². The van der Waals surface area contributed by atoms with E-state index in [1.807, 2.05) is 6.07 Å². The predicted molar refractivity (Wildman–Crippen MR) is 67.0 cm³/mol. The van der Waals surface area contributed by atoms with Gasteiger partial charge in [0.15, 0.2) is 6.10 Å². The van der Waals surface area contributed by atoms with Gasteiger partial charge >= 0.3 is 6.18 Å². The molecule has 7 heteroatoms. The van der Waals surface area contributed by atoms with Crippen molar-refractivity contribution in [3.8, 4) is 6.07 Å². The van der Waals surface area contributed by atoms with E-state index in [1.165, 1.54) is 6.20 Å². The van der Waals surface area contributed by atoms with Crippen LogP contribution in [0.15, 0.2) is 30.5 Å². The molecule has 1 aromatic carbocycles. The fourth-order valence-electron chi connectivity index (χ4n) is 1.73. The van der Waals surface area contributed by atoms with Crippen molar-refractivity contribution in [2.75, 3.05) is 11.9 Å². The van der Waals surface area contributed by atoms with E-state index in [1.54, 1.807) is 24.3 Å². The van der Waals surface area contributed by atoms with Crippen LogP contribution in [0, 0.1) is 11.3 Å². The van der Waals surface area contributed by atoms with Crippen LogP contribution in [0.25, 0.3) is 10.9 Å². The fourth-order valence-corrected chi connectivity index (χ4v) is 1.73. The van der Waals surface area contributed by atoms with E-state index in [2.05, 4.69) is 10.3 Å². The molecule has 2 rings (SSSR count). The molecule has 0 aliphatic rings. The molecule has 0 saturated heterocycles. The van der Waals surface area contributed by atoms with Gasteiger partial charge in [0.05, 0.1) is 16.8 Å². The zero-order valence-electron chi connectivity index (χ0n) is 10.1. The highest BCUT2D eigenvalue weighted by Gasteiger charge is 2.38. The maximum atomic E-state index is 12.3. The highest BCUT2D eigenvalue weighted by molar-refractivity contribution is 5.93. The van der Waals surface area contributed by atoms with Gasteiger partial charge in [-0.05, 0) is 6.07 Å². The predicted octanol–water partition coefficient (Wildman–Crippen LogP) is 2.44. The van der Waals surface area contributed by atoms with Gasteiger partial charge in [-0.1, -0.05) is 18.2 Å². The molecule has 0 bridgehead atoms. The zero-order chi connectivity index (χ0) is 14.8. The molecule has 1 atom stereocenters. The maximum Gasteiger partial charge on any atom is 0.416 e. The Hall–Kier alpha value is -2.33. The van der Waals surface area contributed by atoms with Gasteiger partial charge in [-0.15, -0.1) is 0 Å². The highest BCUT2D eigenvalue weighted by atomic mass is 19.4. The second kappa shape index (κ2) is 5.35. The Balaban J connectivity index is 2.35. The van der Waals surface area contributed by atoms with Crippen LogP contribution in [0.2, 0.25) is 0 Å². The number of anilines is 1. The Morgan fingerprint density at radius 1 is 1.35 bits per heavy atom. The molecular weight excluding hydrogens is 271 g/mol. The van der Waals surface area contributed by atoms with Crippen LogP contribution in [0.3, 0.4) is 0 Å². The third-order valence-electron chi connectivity index (χ3n) is 2.75. The van der Waals surface area contributed by atoms with Gasteiger partial charge in [-0.3, -0.25) is 4.98 Å². The average Bonchev–Trinajstić information content (AvgIpc) is 2.43. The lowest BCUT2D eigenvalue weighted by atomic mass is 10.1. The molecule has 2 aromatic rings. The van der Waals surface area contributed by atoms with Gasteiger partial charge in [0.2, 0.25) is 0 Å². The first kappa shape index (κ1) is 14.1. The van der Waals surface area contributed by atoms with Gasteiger partial charge in [-0.25, -0.2) is 0 Å². The Labute approximate surface area is 112 Å². The third kappa shape index (κ3) is 2.81. The number of alkyl halides is 3. The molecule has 0 amide bonds. The maximum absolute atomic E-state index is 12.3. The summed E-state index contributed by atoms with van der Waals surface area (Å²) in [5.41, 5.74) is 0.912. The number of pyridine rings is 1. The highest BCUT2D eigenvalue weighted by Crippen LogP contribution is 2.26. The van der Waals surface area contributed by atoms with Crippen molar-refractivity contribution in [2.45, 2.75) is 12.3 Å². The van der Waals surface area contributed by atoms with E-state index in [4.69, 9.17) is 10.4 Å². The molecule has 0 aliphatic heterocycles. The van der Waals surface area contributed by atoms with Gasteiger partial charge in [0.25, 0.3) is 0 Å². The lowest BCUT2D eigenvalue weighted by Crippen LogP contribution is -2.35. The number of para-hydroxylation sites is 1. The number of hydrogen-bond acceptors (Lipinski definition) is 4. The number of nitrogens with one attached hydrogen (secondary N) is 1. The normalized spacial score (nSPS) is 12.9. The number of hydrogen-bond donors (Lipinski definition) is 2. The summed E-state index contributed by atoms with van der Waals surface area (Å²) in [6.45, 7) is -0.730. The lowest BCUT2D eigenvalue weighted by Gasteiger charge is -2.17. The summed E-state index contributed by atoms with van der Waals surface area (Å²) in [5.74, 6) is 0. The van der Waals surface area contributed by atoms with Crippen LogP contribution in [0.5, 0.6) is 0 Å². The van der Waals surface area contributed by atoms with E-state index >= 15 is 0 Å². The standard InChI is InChI=1S/C13H10F3N3O/c14-13(15,16)11(20)7-19-12-8(5-17)6-18-10-4-2-1-3-9(10)12/h1-4,6,11,20H,7H2,(H,18,19). The van der Waals surface area contributed by atoms with Gasteiger partial charge in [0.1, 0.15) is 6.07 Å². The SMILES string of the molecule is N#Cc1cnc2ccccc2c1NCC(O)C(F)(F)F. The van der Waals surface area contributed by atoms with Crippen LogP contribution in [0.4, 0.5) is 18.9 Å². The average molecular weight is 281 g/mol. The molecule has 0 spiro atoms. The Morgan fingerprint density at radius 3 is 2.70 bits per heavy atom. The first-order chi connectivity index (χ1) is 9.43. The molecular formula is C13H10F3N3O. The fraction of sp³-hybridized carbons (Fsp3) is 0.231. The van der Waals surface area contributed by atoms with Gasteiger partial charge in [-0.2, -0.15) is 18.4 Å². The quantitative estimate of drug-likeness (QED) is 0.906. The van der Waals surface area contributed by atoms with Crippen LogP contribution in [-0.4, -0.2) is 28.9 Å². The topological polar surface area (TPSA) is 68.9 Å². The molecule has 0 aliphatic carbocycles. The molecule has 1 aromatic heterocycles. The van der Waals surface area contributed by atoms with Crippen molar-refractivity contribution in [1.29, 1.82) is 5.26 Å². The molecule has 20 heavy (non-hydrogen) atoms. The molecule has 0 saturated carbocycles. The van der Waals surface area contributed by atoms with E-state index < -0.39 is 18.8 Å². The molecule has 2 N–H and O–H groups in total. The van der Waals surface area contributed by atoms with Crippen molar-refractivity contribution in [3.63, 3.8) is 0 Å². The lowest BCUT2D eigenvalue weighted by molar-refractivity contribution is -0.198. The number of aromatic nitrogens is 1. The number of aliphatic hydroxyl groups excluding tert-OH is 1. The smallest absolute Gasteiger partial charge is 0.382 e. The summed E-state index contributed by atoms with van der Waals surface area (Å²) in [5, 5.41) is 21.0. The van der Waals surface area contributed by atoms with Crippen molar-refractivity contribution in [2.24, 2.45) is 0 Å². The minimum Gasteiger partial charge on any atom is -0.382 e. The molecule has 1 unspecified atom stereocenters. The minimum atomic E-state index is -4.71. The van der Waals surface area contributed by atoms with E-state index in [0.29, 0.717) is 10.9 Å². The minimum absolute atomic E-state index is 0.123. The Bertz CT molecular complexity index is 664. The molecule has 104 valence electrons.